The van der Waals surface area contributed by atoms with Crippen molar-refractivity contribution in [1.29, 1.82) is 0 Å². The van der Waals surface area contributed by atoms with Crippen molar-refractivity contribution < 1.29 is 4.79 Å². The van der Waals surface area contributed by atoms with Crippen molar-refractivity contribution in [3.63, 3.8) is 0 Å². The van der Waals surface area contributed by atoms with Gasteiger partial charge in [-0.15, -0.1) is 0 Å². The van der Waals surface area contributed by atoms with Crippen LogP contribution in [0.3, 0.4) is 0 Å². The van der Waals surface area contributed by atoms with Gasteiger partial charge in [0.2, 0.25) is 11.9 Å². The molecule has 6 rings (SSSR count). The number of imidazole rings is 1. The molecular formula is C26H21N9O. The minimum absolute atomic E-state index is 0.104. The molecule has 6 aromatic rings. The van der Waals surface area contributed by atoms with Crippen LogP contribution in [0.1, 0.15) is 19.8 Å². The van der Waals surface area contributed by atoms with Crippen molar-refractivity contribution in [2.45, 2.75) is 19.8 Å². The number of pyridine rings is 2. The average molecular weight is 476 g/mol. The van der Waals surface area contributed by atoms with Gasteiger partial charge in [0.05, 0.1) is 22.9 Å². The summed E-state index contributed by atoms with van der Waals surface area (Å²) in [4.78, 5) is 37.5. The highest BCUT2D eigenvalue weighted by molar-refractivity contribution is 5.98. The van der Waals surface area contributed by atoms with Crippen LogP contribution in [0.5, 0.6) is 0 Å². The van der Waals surface area contributed by atoms with Gasteiger partial charge in [-0.3, -0.25) is 25.2 Å². The highest BCUT2D eigenvalue weighted by atomic mass is 16.1. The van der Waals surface area contributed by atoms with E-state index >= 15 is 0 Å². The summed E-state index contributed by atoms with van der Waals surface area (Å²) in [6.07, 6.45) is 9.89. The maximum atomic E-state index is 12.0. The normalized spacial score (nSPS) is 11.2. The second-order valence-electron chi connectivity index (χ2n) is 8.31. The van der Waals surface area contributed by atoms with E-state index in [-0.39, 0.29) is 11.9 Å². The number of aromatic amines is 2. The maximum absolute atomic E-state index is 12.0. The SMILES string of the molecule is CCCC(=O)Nc1nccc(-c2ccc3[nH]nc(-c4nc5c(-c6cccnc6)cncc5[nH]4)c3c2)n1. The Morgan fingerprint density at radius 1 is 0.972 bits per heavy atom. The number of amides is 1. The van der Waals surface area contributed by atoms with Crippen molar-refractivity contribution in [2.75, 3.05) is 5.32 Å². The third-order valence-electron chi connectivity index (χ3n) is 5.83. The van der Waals surface area contributed by atoms with E-state index in [0.29, 0.717) is 23.6 Å². The second kappa shape index (κ2) is 8.99. The maximum Gasteiger partial charge on any atom is 0.229 e. The zero-order valence-electron chi connectivity index (χ0n) is 19.4. The van der Waals surface area contributed by atoms with Crippen LogP contribution in [-0.4, -0.2) is 46.0 Å². The first kappa shape index (κ1) is 21.5. The summed E-state index contributed by atoms with van der Waals surface area (Å²) >= 11 is 0. The number of nitrogens with zero attached hydrogens (tertiary/aromatic N) is 6. The first-order valence-electron chi connectivity index (χ1n) is 11.6. The molecule has 0 aliphatic heterocycles. The molecule has 0 fully saturated rings. The molecular weight excluding hydrogens is 454 g/mol. The molecule has 0 radical (unpaired) electrons. The van der Waals surface area contributed by atoms with Gasteiger partial charge < -0.3 is 4.98 Å². The predicted molar refractivity (Wildman–Crippen MR) is 137 cm³/mol. The van der Waals surface area contributed by atoms with Gasteiger partial charge >= 0.3 is 0 Å². The molecule has 0 bridgehead atoms. The van der Waals surface area contributed by atoms with E-state index in [1.807, 2.05) is 43.3 Å². The number of carbonyl (C=O) groups excluding carboxylic acids is 1. The molecule has 5 aromatic heterocycles. The summed E-state index contributed by atoms with van der Waals surface area (Å²) in [5.41, 5.74) is 6.54. The van der Waals surface area contributed by atoms with E-state index in [1.54, 1.807) is 31.0 Å². The van der Waals surface area contributed by atoms with E-state index in [4.69, 9.17) is 4.98 Å². The van der Waals surface area contributed by atoms with Crippen molar-refractivity contribution in [3.05, 3.63) is 67.4 Å². The molecule has 5 heterocycles. The summed E-state index contributed by atoms with van der Waals surface area (Å²) < 4.78 is 0. The van der Waals surface area contributed by atoms with Crippen LogP contribution in [0, 0.1) is 0 Å². The fraction of sp³-hybridized carbons (Fsp3) is 0.115. The number of benzene rings is 1. The lowest BCUT2D eigenvalue weighted by Crippen LogP contribution is -2.13. The summed E-state index contributed by atoms with van der Waals surface area (Å²) in [6, 6.07) is 11.6. The molecule has 36 heavy (non-hydrogen) atoms. The van der Waals surface area contributed by atoms with E-state index in [9.17, 15) is 4.79 Å². The first-order chi connectivity index (χ1) is 17.7. The Bertz CT molecular complexity index is 1710. The van der Waals surface area contributed by atoms with Crippen LogP contribution in [0.2, 0.25) is 0 Å². The Morgan fingerprint density at radius 2 is 1.92 bits per heavy atom. The van der Waals surface area contributed by atoms with Gasteiger partial charge in [0.25, 0.3) is 0 Å². The third-order valence-corrected chi connectivity index (χ3v) is 5.83. The summed E-state index contributed by atoms with van der Waals surface area (Å²) in [7, 11) is 0. The minimum atomic E-state index is -0.104. The van der Waals surface area contributed by atoms with Gasteiger partial charge in [0.15, 0.2) is 5.82 Å². The number of rotatable bonds is 6. The van der Waals surface area contributed by atoms with E-state index < -0.39 is 0 Å². The summed E-state index contributed by atoms with van der Waals surface area (Å²) in [5, 5.41) is 11.3. The van der Waals surface area contributed by atoms with Gasteiger partial charge in [0.1, 0.15) is 11.2 Å². The van der Waals surface area contributed by atoms with E-state index in [0.717, 1.165) is 45.0 Å². The molecule has 1 aromatic carbocycles. The molecule has 0 saturated carbocycles. The van der Waals surface area contributed by atoms with Crippen molar-refractivity contribution in [1.82, 2.24) is 40.1 Å². The number of H-pyrrole nitrogens is 2. The number of fused-ring (bicyclic) bond motifs is 2. The Hall–Kier alpha value is -4.99. The lowest BCUT2D eigenvalue weighted by atomic mass is 10.1. The molecule has 10 nitrogen and oxygen atoms in total. The lowest BCUT2D eigenvalue weighted by molar-refractivity contribution is -0.116. The molecule has 0 saturated heterocycles. The highest BCUT2D eigenvalue weighted by Gasteiger charge is 2.16. The Kier molecular flexibility index (Phi) is 5.38. The molecule has 0 unspecified atom stereocenters. The molecule has 0 atom stereocenters. The number of nitrogens with one attached hydrogen (secondary N) is 3. The quantitative estimate of drug-likeness (QED) is 0.316. The van der Waals surface area contributed by atoms with Gasteiger partial charge in [-0.25, -0.2) is 15.0 Å². The van der Waals surface area contributed by atoms with E-state index in [2.05, 4.69) is 40.4 Å². The first-order valence-corrected chi connectivity index (χ1v) is 11.6. The van der Waals surface area contributed by atoms with Crippen LogP contribution in [0.4, 0.5) is 5.95 Å². The molecule has 1 amide bonds. The summed E-state index contributed by atoms with van der Waals surface area (Å²) in [6.45, 7) is 1.95. The van der Waals surface area contributed by atoms with Gasteiger partial charge in [-0.05, 0) is 30.7 Å². The Morgan fingerprint density at radius 3 is 2.78 bits per heavy atom. The van der Waals surface area contributed by atoms with Crippen molar-refractivity contribution >= 4 is 33.8 Å². The van der Waals surface area contributed by atoms with Crippen LogP contribution < -0.4 is 5.32 Å². The van der Waals surface area contributed by atoms with Gasteiger partial charge in [0, 0.05) is 53.3 Å². The summed E-state index contributed by atoms with van der Waals surface area (Å²) in [5.74, 6) is 0.806. The smallest absolute Gasteiger partial charge is 0.229 e. The van der Waals surface area contributed by atoms with Gasteiger partial charge in [-0.1, -0.05) is 19.1 Å². The standard InChI is InChI=1S/C26H21N9O/c1-2-4-22(36)32-26-29-10-8-19(31-26)15-6-7-20-17(11-15)24(35-34-20)25-30-21-14-28-13-18(23(21)33-25)16-5-3-9-27-12-16/h3,5-14H,2,4H2,1H3,(H,30,33)(H,34,35)(H,29,31,32,36). The predicted octanol–water partition coefficient (Wildman–Crippen LogP) is 4.76. The van der Waals surface area contributed by atoms with Crippen LogP contribution in [0.15, 0.2) is 67.4 Å². The highest BCUT2D eigenvalue weighted by Crippen LogP contribution is 2.32. The Labute approximate surface area is 205 Å². The zero-order valence-corrected chi connectivity index (χ0v) is 19.4. The molecule has 3 N–H and O–H groups in total. The third kappa shape index (κ3) is 3.94. The van der Waals surface area contributed by atoms with Crippen LogP contribution >= 0.6 is 0 Å². The number of anilines is 1. The minimum Gasteiger partial charge on any atom is -0.335 e. The number of aromatic nitrogens is 8. The molecule has 0 spiro atoms. The van der Waals surface area contributed by atoms with Crippen LogP contribution in [0.25, 0.3) is 55.8 Å². The molecule has 10 heteroatoms. The zero-order chi connectivity index (χ0) is 24.5. The fourth-order valence-electron chi connectivity index (χ4n) is 4.13. The molecule has 0 aliphatic rings. The number of carbonyl (C=O) groups is 1. The number of hydrogen-bond acceptors (Lipinski definition) is 7. The van der Waals surface area contributed by atoms with Crippen LogP contribution in [-0.2, 0) is 4.79 Å². The molecule has 0 aliphatic carbocycles. The lowest BCUT2D eigenvalue weighted by Gasteiger charge is -2.05. The Balaban J connectivity index is 1.40. The average Bonchev–Trinajstić information content (AvgIpc) is 3.53. The molecule has 176 valence electrons. The van der Waals surface area contributed by atoms with Crippen molar-refractivity contribution in [2.24, 2.45) is 0 Å². The van der Waals surface area contributed by atoms with Crippen molar-refractivity contribution in [3.8, 4) is 33.9 Å². The fourth-order valence-corrected chi connectivity index (χ4v) is 4.13. The second-order valence-corrected chi connectivity index (χ2v) is 8.31. The van der Waals surface area contributed by atoms with E-state index in [1.165, 1.54) is 0 Å². The largest absolute Gasteiger partial charge is 0.335 e. The monoisotopic (exact) mass is 475 g/mol. The van der Waals surface area contributed by atoms with Gasteiger partial charge in [-0.2, -0.15) is 5.10 Å². The number of hydrogen-bond donors (Lipinski definition) is 3. The topological polar surface area (TPSA) is 138 Å².